The van der Waals surface area contributed by atoms with Gasteiger partial charge in [-0.15, -0.1) is 0 Å². The van der Waals surface area contributed by atoms with Gasteiger partial charge in [-0.3, -0.25) is 0 Å². The van der Waals surface area contributed by atoms with Crippen LogP contribution in [0.2, 0.25) is 5.02 Å². The Balaban J connectivity index is 3.18. The average molecular weight is 230 g/mol. The number of aryl methyl sites for hydroxylation is 1. The summed E-state index contributed by atoms with van der Waals surface area (Å²) >= 11 is 6.07. The average Bonchev–Trinajstić information content (AvgIpc) is 2.22. The molecule has 0 saturated carbocycles. The summed E-state index contributed by atoms with van der Waals surface area (Å²) in [5.74, 6) is -0.0859. The van der Waals surface area contributed by atoms with Gasteiger partial charge in [0.2, 0.25) is 0 Å². The smallest absolute Gasteiger partial charge is 0.129 e. The van der Waals surface area contributed by atoms with E-state index >= 15 is 0 Å². The van der Waals surface area contributed by atoms with Gasteiger partial charge in [-0.25, -0.2) is 4.39 Å². The molecule has 0 amide bonds. The second-order valence-electron chi connectivity index (χ2n) is 4.00. The maximum atomic E-state index is 13.6. The quantitative estimate of drug-likeness (QED) is 0.838. The highest BCUT2D eigenvalue weighted by atomic mass is 35.5. The van der Waals surface area contributed by atoms with Crippen LogP contribution in [0.1, 0.15) is 37.4 Å². The fraction of sp³-hybridized carbons (Fsp3) is 0.500. The molecule has 0 radical (unpaired) electrons. The molecule has 2 atom stereocenters. The van der Waals surface area contributed by atoms with Crippen LogP contribution in [-0.4, -0.2) is 0 Å². The molecule has 2 N–H and O–H groups in total. The molecule has 1 unspecified atom stereocenters. The number of benzene rings is 1. The van der Waals surface area contributed by atoms with Crippen LogP contribution < -0.4 is 5.73 Å². The molecule has 1 aromatic carbocycles. The zero-order chi connectivity index (χ0) is 11.6. The van der Waals surface area contributed by atoms with Crippen molar-refractivity contribution in [3.8, 4) is 0 Å². The third-order valence-electron chi connectivity index (χ3n) is 2.91. The first kappa shape index (κ1) is 12.5. The van der Waals surface area contributed by atoms with Gasteiger partial charge < -0.3 is 5.73 Å². The summed E-state index contributed by atoms with van der Waals surface area (Å²) < 4.78 is 13.6. The predicted octanol–water partition coefficient (Wildman–Crippen LogP) is 3.83. The number of hydrogen-bond acceptors (Lipinski definition) is 1. The largest absolute Gasteiger partial charge is 0.324 e. The molecule has 1 rings (SSSR count). The van der Waals surface area contributed by atoms with Crippen LogP contribution in [0.5, 0.6) is 0 Å². The molecule has 3 heteroatoms. The number of nitrogens with two attached hydrogens (primary N) is 1. The van der Waals surface area contributed by atoms with Crippen LogP contribution in [0.15, 0.2) is 12.1 Å². The first-order valence-electron chi connectivity index (χ1n) is 5.19. The Morgan fingerprint density at radius 2 is 2.07 bits per heavy atom. The van der Waals surface area contributed by atoms with Crippen molar-refractivity contribution in [2.45, 2.75) is 33.2 Å². The molecule has 0 bridgehead atoms. The highest BCUT2D eigenvalue weighted by Crippen LogP contribution is 2.32. The minimum absolute atomic E-state index is 0.221. The van der Waals surface area contributed by atoms with Crippen LogP contribution in [-0.2, 0) is 0 Å². The van der Waals surface area contributed by atoms with Gasteiger partial charge in [0.25, 0.3) is 0 Å². The lowest BCUT2D eigenvalue weighted by atomic mass is 9.92. The Kier molecular flexibility index (Phi) is 4.12. The van der Waals surface area contributed by atoms with Gasteiger partial charge >= 0.3 is 0 Å². The van der Waals surface area contributed by atoms with E-state index in [1.807, 2.05) is 20.8 Å². The molecule has 1 aromatic rings. The van der Waals surface area contributed by atoms with Crippen molar-refractivity contribution >= 4 is 11.6 Å². The highest BCUT2D eigenvalue weighted by Gasteiger charge is 2.20. The molecule has 1 nitrogen and oxygen atoms in total. The van der Waals surface area contributed by atoms with E-state index in [0.717, 1.165) is 12.0 Å². The summed E-state index contributed by atoms with van der Waals surface area (Å²) in [5.41, 5.74) is 7.31. The van der Waals surface area contributed by atoms with Crippen LogP contribution in [0.3, 0.4) is 0 Å². The Hall–Kier alpha value is -0.600. The molecule has 0 spiro atoms. The van der Waals surface area contributed by atoms with E-state index in [-0.39, 0.29) is 17.8 Å². The zero-order valence-corrected chi connectivity index (χ0v) is 10.1. The van der Waals surface area contributed by atoms with E-state index < -0.39 is 0 Å². The molecular formula is C12H17ClFN. The summed E-state index contributed by atoms with van der Waals surface area (Å²) in [6.45, 7) is 5.89. The van der Waals surface area contributed by atoms with Crippen molar-refractivity contribution < 1.29 is 4.39 Å². The van der Waals surface area contributed by atoms with Gasteiger partial charge in [-0.1, -0.05) is 37.9 Å². The van der Waals surface area contributed by atoms with Crippen molar-refractivity contribution in [2.24, 2.45) is 11.7 Å². The fourth-order valence-electron chi connectivity index (χ4n) is 1.52. The maximum absolute atomic E-state index is 13.6. The lowest BCUT2D eigenvalue weighted by Gasteiger charge is -2.21. The first-order valence-corrected chi connectivity index (χ1v) is 5.56. The Morgan fingerprint density at radius 1 is 1.47 bits per heavy atom. The molecule has 15 heavy (non-hydrogen) atoms. The van der Waals surface area contributed by atoms with E-state index in [4.69, 9.17) is 17.3 Å². The van der Waals surface area contributed by atoms with Crippen LogP contribution in [0.4, 0.5) is 4.39 Å². The summed E-state index contributed by atoms with van der Waals surface area (Å²) in [6.07, 6.45) is 0.908. The minimum atomic E-state index is -0.331. The molecule has 0 fully saturated rings. The lowest BCUT2D eigenvalue weighted by molar-refractivity contribution is 0.439. The van der Waals surface area contributed by atoms with E-state index in [9.17, 15) is 4.39 Å². The second kappa shape index (κ2) is 4.95. The standard InChI is InChI=1S/C12H17ClFN/c1-4-7(2)12(15)10-9(14)6-5-8(3)11(10)13/h5-7,12H,4,15H2,1-3H3/t7?,12-/m0/s1. The molecule has 0 aliphatic rings. The molecule has 0 saturated heterocycles. The molecule has 0 aliphatic heterocycles. The molecule has 0 heterocycles. The number of hydrogen-bond donors (Lipinski definition) is 1. The van der Waals surface area contributed by atoms with Gasteiger partial charge in [0.1, 0.15) is 5.82 Å². The van der Waals surface area contributed by atoms with Gasteiger partial charge in [-0.05, 0) is 24.5 Å². The molecule has 0 aliphatic carbocycles. The van der Waals surface area contributed by atoms with Crippen molar-refractivity contribution in [2.75, 3.05) is 0 Å². The van der Waals surface area contributed by atoms with Crippen LogP contribution >= 0.6 is 11.6 Å². The Labute approximate surface area is 95.4 Å². The monoisotopic (exact) mass is 229 g/mol. The second-order valence-corrected chi connectivity index (χ2v) is 4.38. The third kappa shape index (κ3) is 2.50. The van der Waals surface area contributed by atoms with Gasteiger partial charge in [0.05, 0.1) is 5.02 Å². The Morgan fingerprint density at radius 3 is 2.60 bits per heavy atom. The topological polar surface area (TPSA) is 26.0 Å². The molecule has 0 aromatic heterocycles. The summed E-state index contributed by atoms with van der Waals surface area (Å²) in [4.78, 5) is 0. The van der Waals surface area contributed by atoms with E-state index in [0.29, 0.717) is 10.6 Å². The van der Waals surface area contributed by atoms with Crippen LogP contribution in [0.25, 0.3) is 0 Å². The van der Waals surface area contributed by atoms with Crippen molar-refractivity contribution in [1.29, 1.82) is 0 Å². The molecular weight excluding hydrogens is 213 g/mol. The predicted molar refractivity (Wildman–Crippen MR) is 62.5 cm³/mol. The molecule has 84 valence electrons. The third-order valence-corrected chi connectivity index (χ3v) is 3.41. The maximum Gasteiger partial charge on any atom is 0.129 e. The summed E-state index contributed by atoms with van der Waals surface area (Å²) in [6, 6.07) is 2.77. The number of halogens is 2. The van der Waals surface area contributed by atoms with Gasteiger partial charge in [0.15, 0.2) is 0 Å². The van der Waals surface area contributed by atoms with Gasteiger partial charge in [-0.2, -0.15) is 0 Å². The van der Waals surface area contributed by atoms with E-state index in [2.05, 4.69) is 0 Å². The minimum Gasteiger partial charge on any atom is -0.324 e. The van der Waals surface area contributed by atoms with Crippen molar-refractivity contribution in [1.82, 2.24) is 0 Å². The summed E-state index contributed by atoms with van der Waals surface area (Å²) in [5, 5.41) is 0.461. The Bertz CT molecular complexity index is 352. The zero-order valence-electron chi connectivity index (χ0n) is 9.35. The van der Waals surface area contributed by atoms with E-state index in [1.165, 1.54) is 6.07 Å². The highest BCUT2D eigenvalue weighted by molar-refractivity contribution is 6.32. The SMILES string of the molecule is CCC(C)[C@H](N)c1c(F)ccc(C)c1Cl. The number of rotatable bonds is 3. The van der Waals surface area contributed by atoms with Crippen LogP contribution in [0, 0.1) is 18.7 Å². The summed E-state index contributed by atoms with van der Waals surface area (Å²) in [7, 11) is 0. The normalized spacial score (nSPS) is 15.1. The van der Waals surface area contributed by atoms with Crippen molar-refractivity contribution in [3.05, 3.63) is 34.1 Å². The van der Waals surface area contributed by atoms with Crippen molar-refractivity contribution in [3.63, 3.8) is 0 Å². The first-order chi connectivity index (χ1) is 6.99. The van der Waals surface area contributed by atoms with E-state index in [1.54, 1.807) is 6.07 Å². The van der Waals surface area contributed by atoms with Gasteiger partial charge in [0, 0.05) is 11.6 Å². The fourth-order valence-corrected chi connectivity index (χ4v) is 1.80. The lowest BCUT2D eigenvalue weighted by Crippen LogP contribution is -2.20.